The molecule has 10 nitrogen and oxygen atoms in total. The number of nitrogens with one attached hydrogen (secondary N) is 2. The first-order valence-electron chi connectivity index (χ1n) is 14.0. The third-order valence-corrected chi connectivity index (χ3v) is 12.0. The van der Waals surface area contributed by atoms with E-state index in [4.69, 9.17) is 42.1 Å². The Morgan fingerprint density at radius 3 is 0.889 bits per heavy atom. The number of hydrogen-bond donors (Lipinski definition) is 0. The smallest absolute Gasteiger partial charge is 0.676 e. The molecule has 0 amide bonds. The molecule has 0 heterocycles. The van der Waals surface area contributed by atoms with Gasteiger partial charge >= 0.3 is 21.1 Å². The van der Waals surface area contributed by atoms with Gasteiger partial charge < -0.3 is 42.1 Å². The molecule has 0 aliphatic heterocycles. The van der Waals surface area contributed by atoms with Crippen LogP contribution in [0.15, 0.2) is 121 Å². The van der Waals surface area contributed by atoms with Gasteiger partial charge in [-0.3, -0.25) is 0 Å². The molecule has 0 radical (unpaired) electrons. The molecule has 4 aromatic rings. The first-order valence-corrected chi connectivity index (χ1v) is 17.0. The third kappa shape index (κ3) is 16.6. The van der Waals surface area contributed by atoms with Crippen LogP contribution in [-0.2, 0) is 21.1 Å². The summed E-state index contributed by atoms with van der Waals surface area (Å²) in [4.78, 5) is 16.5. The molecule has 2 unspecified atom stereocenters. The van der Waals surface area contributed by atoms with Gasteiger partial charge in [0, 0.05) is 0 Å². The minimum atomic E-state index is -1.75. The summed E-state index contributed by atoms with van der Waals surface area (Å²) in [5, 5.41) is 35.4. The quantitative estimate of drug-likeness (QED) is 0.108. The van der Waals surface area contributed by atoms with E-state index >= 15 is 0 Å². The second-order valence-electron chi connectivity index (χ2n) is 9.59. The van der Waals surface area contributed by atoms with Crippen LogP contribution in [0.2, 0.25) is 0 Å². The van der Waals surface area contributed by atoms with Gasteiger partial charge in [0.05, 0.1) is 10.2 Å². The van der Waals surface area contributed by atoms with Crippen LogP contribution < -0.4 is 21.2 Å². The number of nitrogens with zero attached hydrogens (tertiary/aromatic N) is 2. The summed E-state index contributed by atoms with van der Waals surface area (Å²) in [5.74, 6) is 0. The van der Waals surface area contributed by atoms with Crippen LogP contribution in [0.3, 0.4) is 0 Å². The summed E-state index contributed by atoms with van der Waals surface area (Å²) >= 11 is 0. The van der Waals surface area contributed by atoms with Crippen molar-refractivity contribution in [2.24, 2.45) is 0 Å². The molecule has 13 heteroatoms. The van der Waals surface area contributed by atoms with E-state index in [1.54, 1.807) is 0 Å². The molecule has 1 fully saturated rings. The molecule has 4 aromatic carbocycles. The van der Waals surface area contributed by atoms with Gasteiger partial charge in [-0.1, -0.05) is 147 Å². The third-order valence-electron chi connectivity index (χ3n) is 6.58. The topological polar surface area (TPSA) is 180 Å². The monoisotopic (exact) mass is 829 g/mol. The molecule has 2 N–H and O–H groups in total. The van der Waals surface area contributed by atoms with E-state index in [-0.39, 0.29) is 49.0 Å². The zero-order valence-corrected chi connectivity index (χ0v) is 28.6. The Balaban J connectivity index is 0.000000492. The maximum atomic E-state index is 8.25. The molecule has 2 atom stereocenters. The molecule has 240 valence electrons. The molecule has 45 heavy (non-hydrogen) atoms. The van der Waals surface area contributed by atoms with Crippen molar-refractivity contribution in [3.05, 3.63) is 163 Å². The minimum absolute atomic E-state index is 0. The Morgan fingerprint density at radius 1 is 0.511 bits per heavy atom. The Hall–Kier alpha value is -3.25. The SMILES string of the molecule is O=[N+]([O-])[O-].O=[N+]([O-])[O-].[NH-]C1CCCCC1[NH-].[Pt+4].c1ccc(P(CCP(c2ccccc2)c2ccccc2)c2ccccc2)cc1. The molecular formula is C32H36N4O6P2Pt. The second-order valence-corrected chi connectivity index (χ2v) is 14.3. The number of benzene rings is 4. The molecule has 1 aliphatic rings. The fraction of sp³-hybridized carbons (Fsp3) is 0.250. The van der Waals surface area contributed by atoms with Crippen molar-refractivity contribution in [1.29, 1.82) is 0 Å². The Kier molecular flexibility index (Phi) is 20.5. The Bertz CT molecular complexity index is 1160. The molecule has 0 bridgehead atoms. The van der Waals surface area contributed by atoms with E-state index in [2.05, 4.69) is 121 Å². The van der Waals surface area contributed by atoms with Crippen LogP contribution in [0.1, 0.15) is 25.7 Å². The van der Waals surface area contributed by atoms with Gasteiger partial charge in [-0.15, -0.1) is 0 Å². The first-order chi connectivity index (χ1) is 21.2. The molecular weight excluding hydrogens is 793 g/mol. The molecule has 1 aliphatic carbocycles. The van der Waals surface area contributed by atoms with Gasteiger partial charge in [0.25, 0.3) is 0 Å². The van der Waals surface area contributed by atoms with Gasteiger partial charge in [0.2, 0.25) is 0 Å². The van der Waals surface area contributed by atoms with Crippen LogP contribution in [0.25, 0.3) is 11.5 Å². The van der Waals surface area contributed by atoms with E-state index in [1.165, 1.54) is 46.4 Å². The van der Waals surface area contributed by atoms with Gasteiger partial charge in [-0.05, 0) is 49.4 Å². The molecule has 5 rings (SSSR count). The first kappa shape index (κ1) is 39.8. The number of rotatable bonds is 7. The fourth-order valence-corrected chi connectivity index (χ4v) is 9.93. The van der Waals surface area contributed by atoms with Crippen molar-refractivity contribution in [3.8, 4) is 0 Å². The Morgan fingerprint density at radius 2 is 0.711 bits per heavy atom. The maximum absolute atomic E-state index is 8.25. The van der Waals surface area contributed by atoms with Gasteiger partial charge in [-0.2, -0.15) is 12.1 Å². The zero-order chi connectivity index (χ0) is 32.2. The summed E-state index contributed by atoms with van der Waals surface area (Å²) < 4.78 is 0. The summed E-state index contributed by atoms with van der Waals surface area (Å²) in [6, 6.07) is 44.0. The van der Waals surface area contributed by atoms with Crippen molar-refractivity contribution < 1.29 is 31.2 Å². The standard InChI is InChI=1S/C26H24P2.C6H12N2.2NO3.Pt/c1-5-13-23(14-6-1)27(24-15-7-2-8-16-24)21-22-28(25-17-9-3-10-18-25)26-19-11-4-12-20-26;7-5-3-1-2-4-6(5)8;2*2-1(3)4;/h1-20H,21-22H2;5-8H,1-4H2;;;/q;-2;2*-1;+4. The van der Waals surface area contributed by atoms with Crippen LogP contribution in [0.5, 0.6) is 0 Å². The van der Waals surface area contributed by atoms with Crippen molar-refractivity contribution in [2.75, 3.05) is 12.3 Å². The second kappa shape index (κ2) is 23.1. The van der Waals surface area contributed by atoms with E-state index in [9.17, 15) is 0 Å². The molecule has 0 saturated heterocycles. The van der Waals surface area contributed by atoms with E-state index in [0.29, 0.717) is 0 Å². The van der Waals surface area contributed by atoms with Gasteiger partial charge in [0.15, 0.2) is 0 Å². The summed E-state index contributed by atoms with van der Waals surface area (Å²) in [6.45, 7) is 0. The number of hydrogen-bond acceptors (Lipinski definition) is 6. The van der Waals surface area contributed by atoms with Crippen LogP contribution in [-0.4, -0.2) is 34.6 Å². The predicted octanol–water partition coefficient (Wildman–Crippen LogP) is 7.17. The van der Waals surface area contributed by atoms with Crippen molar-refractivity contribution in [2.45, 2.75) is 37.8 Å². The van der Waals surface area contributed by atoms with Crippen molar-refractivity contribution >= 4 is 37.1 Å². The minimum Gasteiger partial charge on any atom is -0.676 e. The van der Waals surface area contributed by atoms with Crippen LogP contribution in [0.4, 0.5) is 0 Å². The fourth-order valence-electron chi connectivity index (χ4n) is 4.58. The normalized spacial score (nSPS) is 15.0. The van der Waals surface area contributed by atoms with Gasteiger partial charge in [0.1, 0.15) is 0 Å². The molecule has 1 saturated carbocycles. The maximum Gasteiger partial charge on any atom is 4.00 e. The van der Waals surface area contributed by atoms with Crippen molar-refractivity contribution in [3.63, 3.8) is 0 Å². The summed E-state index contributed by atoms with van der Waals surface area (Å²) in [7, 11) is -0.696. The summed E-state index contributed by atoms with van der Waals surface area (Å²) in [5.41, 5.74) is 14.6. The van der Waals surface area contributed by atoms with Crippen LogP contribution in [0, 0.1) is 30.6 Å². The van der Waals surface area contributed by atoms with E-state index < -0.39 is 10.2 Å². The average Bonchev–Trinajstić information content (AvgIpc) is 3.02. The average molecular weight is 830 g/mol. The van der Waals surface area contributed by atoms with E-state index in [0.717, 1.165) is 12.8 Å². The van der Waals surface area contributed by atoms with Crippen molar-refractivity contribution in [1.82, 2.24) is 0 Å². The zero-order valence-electron chi connectivity index (χ0n) is 24.5. The predicted molar refractivity (Wildman–Crippen MR) is 183 cm³/mol. The molecule has 0 aromatic heterocycles. The van der Waals surface area contributed by atoms with Crippen LogP contribution >= 0.6 is 15.8 Å². The molecule has 0 spiro atoms. The summed E-state index contributed by atoms with van der Waals surface area (Å²) in [6.07, 6.45) is 6.66. The van der Waals surface area contributed by atoms with E-state index in [1.807, 2.05) is 0 Å². The Labute approximate surface area is 280 Å². The largest absolute Gasteiger partial charge is 4.00 e. The van der Waals surface area contributed by atoms with Gasteiger partial charge in [-0.25, -0.2) is 0 Å².